The summed E-state index contributed by atoms with van der Waals surface area (Å²) in [6.07, 6.45) is 17.3. The second-order valence-corrected chi connectivity index (χ2v) is 8.07. The molecule has 0 bridgehead atoms. The van der Waals surface area contributed by atoms with Crippen molar-refractivity contribution in [3.63, 3.8) is 0 Å². The van der Waals surface area contributed by atoms with Crippen LogP contribution in [0.4, 0.5) is 0 Å². The van der Waals surface area contributed by atoms with E-state index in [0.717, 1.165) is 24.0 Å². The van der Waals surface area contributed by atoms with Crippen LogP contribution < -0.4 is 5.32 Å². The van der Waals surface area contributed by atoms with Crippen LogP contribution in [0.3, 0.4) is 0 Å². The number of hydrogen-bond acceptors (Lipinski definition) is 3. The molecule has 1 aromatic carbocycles. The number of nitrogens with zero attached hydrogens (tertiary/aromatic N) is 1. The van der Waals surface area contributed by atoms with Gasteiger partial charge in [-0.05, 0) is 18.9 Å². The van der Waals surface area contributed by atoms with Crippen LogP contribution in [-0.2, 0) is 4.79 Å². The molecule has 0 saturated heterocycles. The van der Waals surface area contributed by atoms with Crippen molar-refractivity contribution in [2.75, 3.05) is 13.2 Å². The first-order valence-corrected chi connectivity index (χ1v) is 11.7. The predicted molar refractivity (Wildman–Crippen MR) is 124 cm³/mol. The number of aliphatic hydroxyl groups is 1. The Morgan fingerprint density at radius 1 is 1.00 bits per heavy atom. The summed E-state index contributed by atoms with van der Waals surface area (Å²) in [5.74, 6) is -0.195. The Hall–Kier alpha value is -1.68. The Morgan fingerprint density at radius 2 is 1.59 bits per heavy atom. The van der Waals surface area contributed by atoms with E-state index in [1.165, 1.54) is 64.2 Å². The second kappa shape index (κ2) is 17.2. The minimum absolute atomic E-state index is 0.195. The van der Waals surface area contributed by atoms with Gasteiger partial charge in [0.1, 0.15) is 0 Å². The third-order valence-corrected chi connectivity index (χ3v) is 5.25. The lowest BCUT2D eigenvalue weighted by Gasteiger charge is -2.10. The largest absolute Gasteiger partial charge is 0.394 e. The first-order chi connectivity index (χ1) is 14.2. The van der Waals surface area contributed by atoms with E-state index in [-0.39, 0.29) is 12.5 Å². The van der Waals surface area contributed by atoms with E-state index in [1.807, 2.05) is 31.2 Å². The minimum Gasteiger partial charge on any atom is -0.394 e. The van der Waals surface area contributed by atoms with E-state index >= 15 is 0 Å². The van der Waals surface area contributed by atoms with Crippen LogP contribution in [-0.4, -0.2) is 36.4 Å². The topological polar surface area (TPSA) is 61.7 Å². The molecule has 0 radical (unpaired) electrons. The molecule has 4 nitrogen and oxygen atoms in total. The van der Waals surface area contributed by atoms with Crippen LogP contribution >= 0.6 is 0 Å². The normalized spacial score (nSPS) is 12.4. The molecule has 0 unspecified atom stereocenters. The SMILES string of the molecule is CCCCCCCCCCCCCCNC(=O)[C@H](CO)N=Cc1cccc(C)c1. The molecule has 0 spiro atoms. The maximum atomic E-state index is 12.2. The zero-order valence-corrected chi connectivity index (χ0v) is 18.7. The third kappa shape index (κ3) is 13.2. The fourth-order valence-corrected chi connectivity index (χ4v) is 3.42. The Labute approximate surface area is 178 Å². The highest BCUT2D eigenvalue weighted by molar-refractivity contribution is 5.86. The van der Waals surface area contributed by atoms with Crippen molar-refractivity contribution in [3.8, 4) is 0 Å². The van der Waals surface area contributed by atoms with Crippen molar-refractivity contribution >= 4 is 12.1 Å². The highest BCUT2D eigenvalue weighted by Gasteiger charge is 2.14. The molecule has 0 fully saturated rings. The van der Waals surface area contributed by atoms with Crippen LogP contribution in [0.5, 0.6) is 0 Å². The number of carbonyl (C=O) groups excluding carboxylic acids is 1. The summed E-state index contributed by atoms with van der Waals surface area (Å²) >= 11 is 0. The average molecular weight is 403 g/mol. The van der Waals surface area contributed by atoms with Gasteiger partial charge in [0.15, 0.2) is 6.04 Å². The molecule has 2 N–H and O–H groups in total. The smallest absolute Gasteiger partial charge is 0.247 e. The van der Waals surface area contributed by atoms with Crippen LogP contribution in [0.15, 0.2) is 29.3 Å². The van der Waals surface area contributed by atoms with Crippen molar-refractivity contribution in [2.24, 2.45) is 4.99 Å². The summed E-state index contributed by atoms with van der Waals surface area (Å²) < 4.78 is 0. The number of amides is 1. The predicted octanol–water partition coefficient (Wildman–Crippen LogP) is 5.59. The van der Waals surface area contributed by atoms with E-state index in [0.29, 0.717) is 6.54 Å². The van der Waals surface area contributed by atoms with Gasteiger partial charge in [-0.1, -0.05) is 107 Å². The number of rotatable bonds is 17. The summed E-state index contributed by atoms with van der Waals surface area (Å²) in [6, 6.07) is 7.19. The molecule has 0 aliphatic heterocycles. The van der Waals surface area contributed by atoms with Gasteiger partial charge in [0, 0.05) is 12.8 Å². The second-order valence-electron chi connectivity index (χ2n) is 8.07. The van der Waals surface area contributed by atoms with Crippen molar-refractivity contribution in [2.45, 2.75) is 96.9 Å². The van der Waals surface area contributed by atoms with Crippen LogP contribution in [0.1, 0.15) is 95.1 Å². The maximum Gasteiger partial charge on any atom is 0.247 e. The van der Waals surface area contributed by atoms with E-state index in [2.05, 4.69) is 17.2 Å². The highest BCUT2D eigenvalue weighted by Crippen LogP contribution is 2.11. The zero-order chi connectivity index (χ0) is 21.2. The molecular weight excluding hydrogens is 360 g/mol. The number of aliphatic imine (C=N–C) groups is 1. The molecule has 1 rings (SSSR count). The van der Waals surface area contributed by atoms with Crippen molar-refractivity contribution < 1.29 is 9.90 Å². The third-order valence-electron chi connectivity index (χ3n) is 5.25. The van der Waals surface area contributed by atoms with Crippen LogP contribution in [0, 0.1) is 6.92 Å². The van der Waals surface area contributed by atoms with E-state index in [4.69, 9.17) is 0 Å². The summed E-state index contributed by atoms with van der Waals surface area (Å²) in [7, 11) is 0. The average Bonchev–Trinajstić information content (AvgIpc) is 2.72. The first-order valence-electron chi connectivity index (χ1n) is 11.7. The van der Waals surface area contributed by atoms with E-state index in [9.17, 15) is 9.90 Å². The molecule has 29 heavy (non-hydrogen) atoms. The summed E-state index contributed by atoms with van der Waals surface area (Å²) in [5.41, 5.74) is 2.09. The zero-order valence-electron chi connectivity index (χ0n) is 18.7. The van der Waals surface area contributed by atoms with Gasteiger partial charge in [0.25, 0.3) is 0 Å². The molecule has 0 saturated carbocycles. The number of hydrogen-bond donors (Lipinski definition) is 2. The van der Waals surface area contributed by atoms with Crippen molar-refractivity contribution in [3.05, 3.63) is 35.4 Å². The number of carbonyl (C=O) groups is 1. The Morgan fingerprint density at radius 3 is 2.14 bits per heavy atom. The molecule has 4 heteroatoms. The first kappa shape index (κ1) is 25.4. The molecule has 0 aromatic heterocycles. The van der Waals surface area contributed by atoms with Crippen molar-refractivity contribution in [1.82, 2.24) is 5.32 Å². The Kier molecular flexibility index (Phi) is 15.0. The maximum absolute atomic E-state index is 12.2. The minimum atomic E-state index is -0.729. The van der Waals surface area contributed by atoms with E-state index in [1.54, 1.807) is 6.21 Å². The quantitative estimate of drug-likeness (QED) is 0.263. The van der Waals surface area contributed by atoms with Gasteiger partial charge in [0.05, 0.1) is 6.61 Å². The molecule has 1 amide bonds. The van der Waals surface area contributed by atoms with E-state index < -0.39 is 6.04 Å². The number of aryl methyl sites for hydroxylation is 1. The molecule has 1 aromatic rings. The number of aliphatic hydroxyl groups excluding tert-OH is 1. The number of nitrogens with one attached hydrogen (secondary N) is 1. The standard InChI is InChI=1S/C25H42N2O2/c1-3-4-5-6-7-8-9-10-11-12-13-14-18-26-25(29)24(21-28)27-20-23-17-15-16-22(2)19-23/h15-17,19-20,24,28H,3-14,18,21H2,1-2H3,(H,26,29)/t24-/m0/s1. The summed E-state index contributed by atoms with van der Waals surface area (Å²) in [4.78, 5) is 16.4. The van der Waals surface area contributed by atoms with Crippen LogP contribution in [0.25, 0.3) is 0 Å². The number of benzene rings is 1. The number of unbranched alkanes of at least 4 members (excludes halogenated alkanes) is 11. The molecule has 0 aliphatic rings. The lowest BCUT2D eigenvalue weighted by molar-refractivity contribution is -0.123. The van der Waals surface area contributed by atoms with Gasteiger partial charge >= 0.3 is 0 Å². The van der Waals surface area contributed by atoms with Gasteiger partial charge in [0.2, 0.25) is 5.91 Å². The molecular formula is C25H42N2O2. The lowest BCUT2D eigenvalue weighted by atomic mass is 10.1. The Balaban J connectivity index is 2.04. The van der Waals surface area contributed by atoms with Gasteiger partial charge < -0.3 is 10.4 Å². The summed E-state index contributed by atoms with van der Waals surface area (Å²) in [6.45, 7) is 4.67. The fraction of sp³-hybridized carbons (Fsp3) is 0.680. The molecule has 0 heterocycles. The van der Waals surface area contributed by atoms with Gasteiger partial charge in [-0.3, -0.25) is 9.79 Å². The van der Waals surface area contributed by atoms with Gasteiger partial charge in [-0.2, -0.15) is 0 Å². The lowest BCUT2D eigenvalue weighted by Crippen LogP contribution is -2.36. The van der Waals surface area contributed by atoms with Crippen LogP contribution in [0.2, 0.25) is 0 Å². The van der Waals surface area contributed by atoms with Crippen molar-refractivity contribution in [1.29, 1.82) is 0 Å². The highest BCUT2D eigenvalue weighted by atomic mass is 16.3. The summed E-state index contributed by atoms with van der Waals surface area (Å²) in [5, 5.41) is 12.4. The molecule has 1 atom stereocenters. The molecule has 164 valence electrons. The monoisotopic (exact) mass is 402 g/mol. The molecule has 0 aliphatic carbocycles. The Bertz CT molecular complexity index is 572. The van der Waals surface area contributed by atoms with Gasteiger partial charge in [-0.15, -0.1) is 0 Å². The van der Waals surface area contributed by atoms with Gasteiger partial charge in [-0.25, -0.2) is 0 Å². The fourth-order valence-electron chi connectivity index (χ4n) is 3.42.